The van der Waals surface area contributed by atoms with Crippen LogP contribution in [0.3, 0.4) is 0 Å². The van der Waals surface area contributed by atoms with Crippen molar-refractivity contribution in [3.05, 3.63) is 68.2 Å². The monoisotopic (exact) mass is 396 g/mol. The number of carbonyl (C=O) groups excluding carboxylic acids is 3. The lowest BCUT2D eigenvalue weighted by Gasteiger charge is -2.14. The van der Waals surface area contributed by atoms with Crippen LogP contribution in [0.1, 0.15) is 31.1 Å². The molecule has 5 nitrogen and oxygen atoms in total. The Hall–Kier alpha value is -2.08. The van der Waals surface area contributed by atoms with Gasteiger partial charge in [0.15, 0.2) is 0 Å². The summed E-state index contributed by atoms with van der Waals surface area (Å²) >= 11 is 17.7. The number of fused-ring (bicyclic) bond motifs is 1. The van der Waals surface area contributed by atoms with Crippen LogP contribution in [0.25, 0.3) is 0 Å². The molecule has 25 heavy (non-hydrogen) atoms. The summed E-state index contributed by atoms with van der Waals surface area (Å²) < 4.78 is 0. The van der Waals surface area contributed by atoms with E-state index < -0.39 is 11.8 Å². The van der Waals surface area contributed by atoms with Gasteiger partial charge in [0.2, 0.25) is 0 Å². The normalized spacial score (nSPS) is 13.2. The molecule has 0 bridgehead atoms. The third-order valence-corrected chi connectivity index (χ3v) is 4.80. The van der Waals surface area contributed by atoms with E-state index in [1.807, 2.05) is 0 Å². The Balaban J connectivity index is 1.64. The maximum absolute atomic E-state index is 12.3. The summed E-state index contributed by atoms with van der Waals surface area (Å²) in [6.07, 6.45) is 0. The second-order valence-electron chi connectivity index (χ2n) is 5.31. The minimum Gasteiger partial charge on any atom is -0.350 e. The van der Waals surface area contributed by atoms with Crippen LogP contribution >= 0.6 is 34.8 Å². The fourth-order valence-corrected chi connectivity index (χ4v) is 3.07. The van der Waals surface area contributed by atoms with Gasteiger partial charge in [0.05, 0.1) is 26.2 Å². The number of carbonyl (C=O) groups is 3. The average Bonchev–Trinajstić information content (AvgIpc) is 2.83. The molecule has 0 unspecified atom stereocenters. The van der Waals surface area contributed by atoms with Gasteiger partial charge < -0.3 is 5.32 Å². The molecule has 2 aromatic rings. The molecule has 1 aliphatic heterocycles. The number of nitrogens with one attached hydrogen (secondary N) is 1. The first kappa shape index (κ1) is 17.7. The molecular formula is C17H11Cl3N2O3. The van der Waals surface area contributed by atoms with Gasteiger partial charge in [-0.05, 0) is 30.3 Å². The van der Waals surface area contributed by atoms with Gasteiger partial charge in [-0.2, -0.15) is 0 Å². The van der Waals surface area contributed by atoms with E-state index in [0.717, 1.165) is 4.90 Å². The van der Waals surface area contributed by atoms with E-state index in [-0.39, 0.29) is 40.2 Å². The van der Waals surface area contributed by atoms with E-state index in [4.69, 9.17) is 34.8 Å². The number of imide groups is 1. The van der Waals surface area contributed by atoms with Crippen molar-refractivity contribution in [2.24, 2.45) is 0 Å². The Morgan fingerprint density at radius 2 is 1.72 bits per heavy atom. The molecular weight excluding hydrogens is 387 g/mol. The highest BCUT2D eigenvalue weighted by atomic mass is 35.5. The lowest BCUT2D eigenvalue weighted by molar-refractivity contribution is 0.0650. The maximum atomic E-state index is 12.3. The third kappa shape index (κ3) is 3.35. The summed E-state index contributed by atoms with van der Waals surface area (Å²) in [7, 11) is 0. The first-order valence-corrected chi connectivity index (χ1v) is 8.41. The first-order valence-electron chi connectivity index (χ1n) is 7.28. The highest BCUT2D eigenvalue weighted by Gasteiger charge is 2.36. The van der Waals surface area contributed by atoms with Gasteiger partial charge >= 0.3 is 0 Å². The van der Waals surface area contributed by atoms with Crippen molar-refractivity contribution in [3.63, 3.8) is 0 Å². The van der Waals surface area contributed by atoms with Crippen molar-refractivity contribution in [1.82, 2.24) is 10.2 Å². The van der Waals surface area contributed by atoms with Gasteiger partial charge in [-0.1, -0.05) is 40.9 Å². The fraction of sp³-hybridized carbons (Fsp3) is 0.118. The lowest BCUT2D eigenvalue weighted by atomic mass is 10.1. The van der Waals surface area contributed by atoms with E-state index in [1.165, 1.54) is 18.2 Å². The van der Waals surface area contributed by atoms with Crippen LogP contribution in [0.2, 0.25) is 15.1 Å². The maximum Gasteiger partial charge on any atom is 0.263 e. The molecule has 8 heteroatoms. The number of nitrogens with zero attached hydrogens (tertiary/aromatic N) is 1. The van der Waals surface area contributed by atoms with E-state index in [1.54, 1.807) is 18.2 Å². The minimum atomic E-state index is -0.464. The van der Waals surface area contributed by atoms with Gasteiger partial charge in [-0.25, -0.2) is 0 Å². The molecule has 3 amide bonds. The van der Waals surface area contributed by atoms with Crippen molar-refractivity contribution in [2.45, 2.75) is 0 Å². The smallest absolute Gasteiger partial charge is 0.263 e. The molecule has 0 spiro atoms. The molecule has 1 heterocycles. The predicted octanol–water partition coefficient (Wildman–Crippen LogP) is 3.67. The number of amides is 3. The highest BCUT2D eigenvalue weighted by Crippen LogP contribution is 2.28. The summed E-state index contributed by atoms with van der Waals surface area (Å²) in [5.74, 6) is -1.27. The van der Waals surface area contributed by atoms with Crippen molar-refractivity contribution in [2.75, 3.05) is 13.1 Å². The van der Waals surface area contributed by atoms with Gasteiger partial charge in [0, 0.05) is 18.7 Å². The van der Waals surface area contributed by atoms with Gasteiger partial charge in [-0.3, -0.25) is 19.3 Å². The Labute approximate surface area is 158 Å². The van der Waals surface area contributed by atoms with Gasteiger partial charge in [0.25, 0.3) is 17.7 Å². The standard InChI is InChI=1S/C17H11Cl3N2O3/c18-11-5-4-9(8-13(11)20)15(23)21-6-7-22-16(24)10-2-1-3-12(19)14(10)17(22)25/h1-5,8H,6-7H2,(H,21,23). The Morgan fingerprint density at radius 1 is 0.960 bits per heavy atom. The summed E-state index contributed by atoms with van der Waals surface area (Å²) in [6.45, 7) is 0.137. The summed E-state index contributed by atoms with van der Waals surface area (Å²) in [4.78, 5) is 37.8. The first-order chi connectivity index (χ1) is 11.9. The van der Waals surface area contributed by atoms with E-state index in [2.05, 4.69) is 5.32 Å². The second-order valence-corrected chi connectivity index (χ2v) is 6.53. The molecule has 1 aliphatic rings. The number of hydrogen-bond donors (Lipinski definition) is 1. The fourth-order valence-electron chi connectivity index (χ4n) is 2.52. The minimum absolute atomic E-state index is 0.0374. The zero-order valence-electron chi connectivity index (χ0n) is 12.7. The SMILES string of the molecule is O=C(NCCN1C(=O)c2cccc(Cl)c2C1=O)c1ccc(Cl)c(Cl)c1. The van der Waals surface area contributed by atoms with Crippen molar-refractivity contribution < 1.29 is 14.4 Å². The van der Waals surface area contributed by atoms with Crippen LogP contribution in [0.5, 0.6) is 0 Å². The van der Waals surface area contributed by atoms with Crippen LogP contribution < -0.4 is 5.32 Å². The van der Waals surface area contributed by atoms with Gasteiger partial charge in [-0.15, -0.1) is 0 Å². The van der Waals surface area contributed by atoms with Crippen molar-refractivity contribution in [1.29, 1.82) is 0 Å². The summed E-state index contributed by atoms with van der Waals surface area (Å²) in [6, 6.07) is 9.22. The third-order valence-electron chi connectivity index (χ3n) is 3.75. The Morgan fingerprint density at radius 3 is 2.40 bits per heavy atom. The Bertz CT molecular complexity index is 899. The van der Waals surface area contributed by atoms with Crippen LogP contribution in [0.15, 0.2) is 36.4 Å². The molecule has 1 N–H and O–H groups in total. The van der Waals surface area contributed by atoms with E-state index >= 15 is 0 Å². The van der Waals surface area contributed by atoms with Crippen LogP contribution in [0, 0.1) is 0 Å². The number of benzene rings is 2. The quantitative estimate of drug-likeness (QED) is 0.801. The topological polar surface area (TPSA) is 66.5 Å². The van der Waals surface area contributed by atoms with E-state index in [0.29, 0.717) is 10.6 Å². The predicted molar refractivity (Wildman–Crippen MR) is 95.6 cm³/mol. The zero-order valence-corrected chi connectivity index (χ0v) is 15.0. The zero-order chi connectivity index (χ0) is 18.1. The molecule has 0 atom stereocenters. The molecule has 3 rings (SSSR count). The van der Waals surface area contributed by atoms with E-state index in [9.17, 15) is 14.4 Å². The van der Waals surface area contributed by atoms with Crippen molar-refractivity contribution in [3.8, 4) is 0 Å². The van der Waals surface area contributed by atoms with Crippen LogP contribution in [0.4, 0.5) is 0 Å². The Kier molecular flexibility index (Phi) is 4.99. The molecule has 0 saturated carbocycles. The summed E-state index contributed by atoms with van der Waals surface area (Å²) in [5, 5.41) is 3.49. The molecule has 0 radical (unpaired) electrons. The molecule has 0 saturated heterocycles. The highest BCUT2D eigenvalue weighted by molar-refractivity contribution is 6.42. The second kappa shape index (κ2) is 7.04. The molecule has 2 aromatic carbocycles. The molecule has 0 aliphatic carbocycles. The number of rotatable bonds is 4. The largest absolute Gasteiger partial charge is 0.350 e. The number of halogens is 3. The average molecular weight is 398 g/mol. The lowest BCUT2D eigenvalue weighted by Crippen LogP contribution is -2.38. The number of hydrogen-bond acceptors (Lipinski definition) is 3. The summed E-state index contributed by atoms with van der Waals surface area (Å²) in [5.41, 5.74) is 0.804. The molecule has 0 fully saturated rings. The molecule has 128 valence electrons. The van der Waals surface area contributed by atoms with Crippen LogP contribution in [-0.4, -0.2) is 35.7 Å². The molecule has 0 aromatic heterocycles. The van der Waals surface area contributed by atoms with Crippen LogP contribution in [-0.2, 0) is 0 Å². The van der Waals surface area contributed by atoms with Crippen molar-refractivity contribution >= 4 is 52.5 Å². The van der Waals surface area contributed by atoms with Gasteiger partial charge in [0.1, 0.15) is 0 Å².